The maximum absolute atomic E-state index is 12.6. The van der Waals surface area contributed by atoms with Gasteiger partial charge in [0, 0.05) is 38.4 Å². The summed E-state index contributed by atoms with van der Waals surface area (Å²) in [5.41, 5.74) is 1.74. The van der Waals surface area contributed by atoms with Crippen LogP contribution in [0.4, 0.5) is 5.69 Å². The summed E-state index contributed by atoms with van der Waals surface area (Å²) in [5, 5.41) is 9.30. The Morgan fingerprint density at radius 2 is 2.05 bits per heavy atom. The van der Waals surface area contributed by atoms with E-state index >= 15 is 0 Å². The average molecular weight is 303 g/mol. The predicted molar refractivity (Wildman–Crippen MR) is 87.8 cm³/mol. The summed E-state index contributed by atoms with van der Waals surface area (Å²) < 4.78 is -0.317. The van der Waals surface area contributed by atoms with E-state index in [0.717, 1.165) is 24.1 Å². The second-order valence-corrected chi connectivity index (χ2v) is 6.74. The van der Waals surface area contributed by atoms with Crippen LogP contribution in [0.3, 0.4) is 0 Å². The van der Waals surface area contributed by atoms with E-state index in [1.54, 1.807) is 11.8 Å². The predicted octanol–water partition coefficient (Wildman–Crippen LogP) is 2.61. The number of nitrogens with zero attached hydrogens (tertiary/aromatic N) is 3. The van der Waals surface area contributed by atoms with E-state index in [-0.39, 0.29) is 10.7 Å². The van der Waals surface area contributed by atoms with Gasteiger partial charge in [-0.3, -0.25) is 4.79 Å². The van der Waals surface area contributed by atoms with Crippen molar-refractivity contribution >= 4 is 23.4 Å². The quantitative estimate of drug-likeness (QED) is 0.861. The zero-order valence-electron chi connectivity index (χ0n) is 12.8. The molecule has 0 unspecified atom stereocenters. The third kappa shape index (κ3) is 3.33. The number of benzene rings is 1. The number of amides is 1. The molecule has 21 heavy (non-hydrogen) atoms. The second kappa shape index (κ2) is 6.40. The summed E-state index contributed by atoms with van der Waals surface area (Å²) in [6.07, 6.45) is 3.45. The van der Waals surface area contributed by atoms with Crippen LogP contribution in [-0.2, 0) is 0 Å². The lowest BCUT2D eigenvalue weighted by atomic mass is 9.96. The summed E-state index contributed by atoms with van der Waals surface area (Å²) in [6, 6.07) is 10.1. The molecular formula is C16H21N3OS. The van der Waals surface area contributed by atoms with Gasteiger partial charge in [-0.15, -0.1) is 11.8 Å². The molecule has 0 bridgehead atoms. The molecule has 5 heteroatoms. The van der Waals surface area contributed by atoms with Gasteiger partial charge in [-0.05, 0) is 37.3 Å². The molecule has 2 rings (SSSR count). The number of hydrogen-bond acceptors (Lipinski definition) is 4. The van der Waals surface area contributed by atoms with E-state index < -0.39 is 0 Å². The van der Waals surface area contributed by atoms with Crippen molar-refractivity contribution in [3.8, 4) is 6.07 Å². The van der Waals surface area contributed by atoms with Gasteiger partial charge in [0.15, 0.2) is 0 Å². The highest BCUT2D eigenvalue weighted by Crippen LogP contribution is 2.34. The molecule has 1 amide bonds. The van der Waals surface area contributed by atoms with Crippen molar-refractivity contribution in [2.24, 2.45) is 0 Å². The maximum atomic E-state index is 12.6. The van der Waals surface area contributed by atoms with Crippen molar-refractivity contribution in [2.75, 3.05) is 38.3 Å². The molecule has 112 valence electrons. The Morgan fingerprint density at radius 3 is 2.57 bits per heavy atom. The van der Waals surface area contributed by atoms with E-state index in [9.17, 15) is 10.1 Å². The van der Waals surface area contributed by atoms with E-state index in [1.165, 1.54) is 0 Å². The fourth-order valence-corrected chi connectivity index (χ4v) is 3.21. The van der Waals surface area contributed by atoms with Crippen LogP contribution in [0, 0.1) is 11.3 Å². The molecule has 1 aromatic rings. The topological polar surface area (TPSA) is 47.3 Å². The van der Waals surface area contributed by atoms with E-state index in [0.29, 0.717) is 13.1 Å². The molecule has 0 radical (unpaired) electrons. The van der Waals surface area contributed by atoms with Gasteiger partial charge in [0.2, 0.25) is 0 Å². The number of hydrogen-bond donors (Lipinski definition) is 0. The number of thioether (sulfide) groups is 1. The molecule has 1 fully saturated rings. The zero-order chi connectivity index (χ0) is 15.5. The third-order valence-electron chi connectivity index (χ3n) is 4.06. The van der Waals surface area contributed by atoms with Crippen LogP contribution in [0.25, 0.3) is 0 Å². The smallest absolute Gasteiger partial charge is 0.253 e. The first-order chi connectivity index (χ1) is 10.0. The molecule has 1 heterocycles. The van der Waals surface area contributed by atoms with Crippen LogP contribution in [-0.4, -0.2) is 49.0 Å². The van der Waals surface area contributed by atoms with Gasteiger partial charge in [0.05, 0.1) is 6.07 Å². The van der Waals surface area contributed by atoms with Crippen molar-refractivity contribution in [3.63, 3.8) is 0 Å². The molecule has 1 aliphatic rings. The highest BCUT2D eigenvalue weighted by molar-refractivity contribution is 8.00. The van der Waals surface area contributed by atoms with Crippen molar-refractivity contribution in [1.29, 1.82) is 5.26 Å². The second-order valence-electron chi connectivity index (χ2n) is 5.55. The summed E-state index contributed by atoms with van der Waals surface area (Å²) in [7, 11) is 3.93. The van der Waals surface area contributed by atoms with Gasteiger partial charge in [-0.2, -0.15) is 5.26 Å². The van der Waals surface area contributed by atoms with Crippen LogP contribution >= 0.6 is 11.8 Å². The number of nitriles is 1. The summed E-state index contributed by atoms with van der Waals surface area (Å²) >= 11 is 1.60. The molecular weight excluding hydrogens is 282 g/mol. The van der Waals surface area contributed by atoms with Gasteiger partial charge in [0.25, 0.3) is 5.91 Å². The Morgan fingerprint density at radius 1 is 1.38 bits per heavy atom. The highest BCUT2D eigenvalue weighted by Gasteiger charge is 2.35. The van der Waals surface area contributed by atoms with Gasteiger partial charge in [0.1, 0.15) is 4.75 Å². The lowest BCUT2D eigenvalue weighted by Gasteiger charge is -2.36. The first-order valence-corrected chi connectivity index (χ1v) is 8.27. The number of carbonyl (C=O) groups is 1. The number of anilines is 1. The Balaban J connectivity index is 2.09. The van der Waals surface area contributed by atoms with Crippen molar-refractivity contribution in [1.82, 2.24) is 4.90 Å². The highest BCUT2D eigenvalue weighted by atomic mass is 32.2. The third-order valence-corrected chi connectivity index (χ3v) is 5.34. The van der Waals surface area contributed by atoms with E-state index in [2.05, 4.69) is 6.07 Å². The Hall–Kier alpha value is -1.67. The van der Waals surface area contributed by atoms with Crippen LogP contribution in [0.2, 0.25) is 0 Å². The van der Waals surface area contributed by atoms with E-state index in [4.69, 9.17) is 0 Å². The van der Waals surface area contributed by atoms with Crippen molar-refractivity contribution in [2.45, 2.75) is 17.6 Å². The number of likely N-dealkylation sites (tertiary alicyclic amines) is 1. The molecule has 4 nitrogen and oxygen atoms in total. The fourth-order valence-electron chi connectivity index (χ4n) is 2.53. The van der Waals surface area contributed by atoms with Crippen molar-refractivity contribution < 1.29 is 4.79 Å². The summed E-state index contributed by atoms with van der Waals surface area (Å²) in [6.45, 7) is 1.30. The first-order valence-electron chi connectivity index (χ1n) is 7.04. The fraction of sp³-hybridized carbons (Fsp3) is 0.500. The van der Waals surface area contributed by atoms with Crippen molar-refractivity contribution in [3.05, 3.63) is 29.8 Å². The minimum Gasteiger partial charge on any atom is -0.378 e. The normalized spacial score (nSPS) is 17.1. The number of piperidine rings is 1. The molecule has 1 aliphatic heterocycles. The lowest BCUT2D eigenvalue weighted by Crippen LogP contribution is -2.44. The average Bonchev–Trinajstić information content (AvgIpc) is 2.54. The van der Waals surface area contributed by atoms with Gasteiger partial charge >= 0.3 is 0 Å². The summed E-state index contributed by atoms with van der Waals surface area (Å²) in [4.78, 5) is 16.4. The minimum atomic E-state index is -0.317. The standard InChI is InChI=1S/C16H21N3OS/c1-18(2)14-6-4-5-13(11-14)15(20)19-9-7-16(12-17,21-3)8-10-19/h4-6,11H,7-10H2,1-3H3. The Labute approximate surface area is 130 Å². The first kappa shape index (κ1) is 15.7. The zero-order valence-corrected chi connectivity index (χ0v) is 13.6. The Kier molecular flexibility index (Phi) is 4.79. The van der Waals surface area contributed by atoms with Crippen LogP contribution in [0.15, 0.2) is 24.3 Å². The number of rotatable bonds is 3. The van der Waals surface area contributed by atoms with Gasteiger partial charge < -0.3 is 9.80 Å². The van der Waals surface area contributed by atoms with E-state index in [1.807, 2.05) is 54.4 Å². The summed E-state index contributed by atoms with van der Waals surface area (Å²) in [5.74, 6) is 0.0614. The molecule has 1 aromatic carbocycles. The maximum Gasteiger partial charge on any atom is 0.253 e. The molecule has 0 N–H and O–H groups in total. The molecule has 0 saturated carbocycles. The molecule has 0 aromatic heterocycles. The molecule has 0 atom stereocenters. The van der Waals surface area contributed by atoms with Gasteiger partial charge in [-0.1, -0.05) is 6.07 Å². The van der Waals surface area contributed by atoms with Crippen LogP contribution < -0.4 is 4.90 Å². The molecule has 1 saturated heterocycles. The minimum absolute atomic E-state index is 0.0614. The van der Waals surface area contributed by atoms with Crippen LogP contribution in [0.5, 0.6) is 0 Å². The SMILES string of the molecule is CSC1(C#N)CCN(C(=O)c2cccc(N(C)C)c2)CC1. The Bertz CT molecular complexity index is 557. The molecule has 0 aliphatic carbocycles. The lowest BCUT2D eigenvalue weighted by molar-refractivity contribution is 0.0716. The van der Waals surface area contributed by atoms with Crippen LogP contribution in [0.1, 0.15) is 23.2 Å². The largest absolute Gasteiger partial charge is 0.378 e. The van der Waals surface area contributed by atoms with Gasteiger partial charge in [-0.25, -0.2) is 0 Å². The number of carbonyl (C=O) groups excluding carboxylic acids is 1. The monoisotopic (exact) mass is 303 g/mol. The molecule has 0 spiro atoms.